The van der Waals surface area contributed by atoms with Crippen molar-refractivity contribution in [2.24, 2.45) is 0 Å². The van der Waals surface area contributed by atoms with E-state index in [0.29, 0.717) is 10.3 Å². The zero-order valence-electron chi connectivity index (χ0n) is 11.5. The van der Waals surface area contributed by atoms with E-state index in [1.807, 2.05) is 6.92 Å². The second-order valence-electron chi connectivity index (χ2n) is 4.41. The molecule has 0 aliphatic rings. The zero-order valence-corrected chi connectivity index (χ0v) is 13.1. The lowest BCUT2D eigenvalue weighted by Crippen LogP contribution is -2.15. The Morgan fingerprint density at radius 3 is 2.86 bits per heavy atom. The standard InChI is InChI=1S/C15H15BrFN3O/c1-2-8-18-14-5-3-4-13(19-14)15(21)20-12-7-6-10(16)9-11(12)17/h3-7,9H,2,8H2,1H3,(H,18,19)(H,20,21). The summed E-state index contributed by atoms with van der Waals surface area (Å²) in [6.07, 6.45) is 0.961. The highest BCUT2D eigenvalue weighted by molar-refractivity contribution is 9.10. The minimum absolute atomic E-state index is 0.122. The van der Waals surface area contributed by atoms with E-state index >= 15 is 0 Å². The van der Waals surface area contributed by atoms with Crippen LogP contribution in [0, 0.1) is 5.82 Å². The first-order valence-corrected chi connectivity index (χ1v) is 7.37. The Morgan fingerprint density at radius 1 is 1.33 bits per heavy atom. The molecule has 21 heavy (non-hydrogen) atoms. The van der Waals surface area contributed by atoms with Crippen molar-refractivity contribution < 1.29 is 9.18 Å². The van der Waals surface area contributed by atoms with E-state index in [4.69, 9.17) is 0 Å². The summed E-state index contributed by atoms with van der Waals surface area (Å²) >= 11 is 3.17. The van der Waals surface area contributed by atoms with Gasteiger partial charge in [0.15, 0.2) is 0 Å². The first-order chi connectivity index (χ1) is 10.1. The third kappa shape index (κ3) is 4.26. The molecule has 0 bridgehead atoms. The van der Waals surface area contributed by atoms with Crippen molar-refractivity contribution in [2.45, 2.75) is 13.3 Å². The van der Waals surface area contributed by atoms with E-state index in [-0.39, 0.29) is 11.4 Å². The second-order valence-corrected chi connectivity index (χ2v) is 5.33. The van der Waals surface area contributed by atoms with E-state index in [1.165, 1.54) is 12.1 Å². The maximum Gasteiger partial charge on any atom is 0.274 e. The molecule has 0 aliphatic carbocycles. The first-order valence-electron chi connectivity index (χ1n) is 6.57. The molecule has 0 saturated carbocycles. The van der Waals surface area contributed by atoms with E-state index in [1.54, 1.807) is 24.3 Å². The molecular formula is C15H15BrFN3O. The quantitative estimate of drug-likeness (QED) is 0.853. The van der Waals surface area contributed by atoms with Crippen molar-refractivity contribution in [1.29, 1.82) is 0 Å². The molecule has 0 spiro atoms. The van der Waals surface area contributed by atoms with Crippen LogP contribution in [0.5, 0.6) is 0 Å². The number of rotatable bonds is 5. The molecule has 2 N–H and O–H groups in total. The number of anilines is 2. The average molecular weight is 352 g/mol. The number of halogens is 2. The predicted octanol–water partition coefficient (Wildman–Crippen LogP) is 4.06. The Balaban J connectivity index is 2.12. The molecule has 1 aromatic heterocycles. The van der Waals surface area contributed by atoms with Crippen molar-refractivity contribution in [1.82, 2.24) is 4.98 Å². The van der Waals surface area contributed by atoms with Crippen LogP contribution < -0.4 is 10.6 Å². The van der Waals surface area contributed by atoms with Gasteiger partial charge in [0.1, 0.15) is 17.3 Å². The van der Waals surface area contributed by atoms with Gasteiger partial charge in [-0.05, 0) is 36.8 Å². The number of amides is 1. The third-order valence-electron chi connectivity index (χ3n) is 2.72. The number of carbonyl (C=O) groups excluding carboxylic acids is 1. The largest absolute Gasteiger partial charge is 0.370 e. The lowest BCUT2D eigenvalue weighted by atomic mass is 10.2. The highest BCUT2D eigenvalue weighted by Crippen LogP contribution is 2.20. The monoisotopic (exact) mass is 351 g/mol. The van der Waals surface area contributed by atoms with Crippen molar-refractivity contribution in [3.05, 3.63) is 52.4 Å². The SMILES string of the molecule is CCCNc1cccc(C(=O)Nc2ccc(Br)cc2F)n1. The molecule has 0 unspecified atom stereocenters. The summed E-state index contributed by atoms with van der Waals surface area (Å²) in [5, 5.41) is 5.61. The van der Waals surface area contributed by atoms with Crippen LogP contribution in [-0.4, -0.2) is 17.4 Å². The van der Waals surface area contributed by atoms with Gasteiger partial charge in [0.25, 0.3) is 5.91 Å². The summed E-state index contributed by atoms with van der Waals surface area (Å²) < 4.78 is 14.3. The van der Waals surface area contributed by atoms with E-state index in [0.717, 1.165) is 13.0 Å². The minimum Gasteiger partial charge on any atom is -0.370 e. The van der Waals surface area contributed by atoms with Gasteiger partial charge in [-0.25, -0.2) is 9.37 Å². The summed E-state index contributed by atoms with van der Waals surface area (Å²) in [7, 11) is 0. The molecule has 4 nitrogen and oxygen atoms in total. The fraction of sp³-hybridized carbons (Fsp3) is 0.200. The Labute approximate surface area is 130 Å². The number of pyridine rings is 1. The number of benzene rings is 1. The Bertz CT molecular complexity index is 649. The molecular weight excluding hydrogens is 337 g/mol. The van der Waals surface area contributed by atoms with Crippen molar-refractivity contribution in [3.8, 4) is 0 Å². The van der Waals surface area contributed by atoms with Crippen LogP contribution in [0.1, 0.15) is 23.8 Å². The highest BCUT2D eigenvalue weighted by atomic mass is 79.9. The van der Waals surface area contributed by atoms with Gasteiger partial charge in [0.2, 0.25) is 0 Å². The maximum atomic E-state index is 13.7. The topological polar surface area (TPSA) is 54.0 Å². The Hall–Kier alpha value is -1.95. The fourth-order valence-electron chi connectivity index (χ4n) is 1.69. The molecule has 0 saturated heterocycles. The van der Waals surface area contributed by atoms with Crippen LogP contribution in [0.15, 0.2) is 40.9 Å². The van der Waals surface area contributed by atoms with Crippen molar-refractivity contribution in [2.75, 3.05) is 17.2 Å². The lowest BCUT2D eigenvalue weighted by Gasteiger charge is -2.08. The Morgan fingerprint density at radius 2 is 2.14 bits per heavy atom. The maximum absolute atomic E-state index is 13.7. The summed E-state index contributed by atoms with van der Waals surface area (Å²) in [6, 6.07) is 9.55. The molecule has 0 aliphatic heterocycles. The zero-order chi connectivity index (χ0) is 15.2. The van der Waals surface area contributed by atoms with Gasteiger partial charge in [0.05, 0.1) is 5.69 Å². The summed E-state index contributed by atoms with van der Waals surface area (Å²) in [4.78, 5) is 16.3. The highest BCUT2D eigenvalue weighted by Gasteiger charge is 2.11. The molecule has 1 aromatic carbocycles. The van der Waals surface area contributed by atoms with Crippen molar-refractivity contribution >= 4 is 33.3 Å². The minimum atomic E-state index is -0.502. The van der Waals surface area contributed by atoms with Gasteiger partial charge in [-0.2, -0.15) is 0 Å². The van der Waals surface area contributed by atoms with Gasteiger partial charge in [-0.1, -0.05) is 28.9 Å². The van der Waals surface area contributed by atoms with Gasteiger partial charge in [-0.15, -0.1) is 0 Å². The first kappa shape index (κ1) is 15.4. The van der Waals surface area contributed by atoms with Crippen LogP contribution in [0.4, 0.5) is 15.9 Å². The van der Waals surface area contributed by atoms with Crippen LogP contribution in [0.2, 0.25) is 0 Å². The molecule has 2 rings (SSSR count). The lowest BCUT2D eigenvalue weighted by molar-refractivity contribution is 0.102. The van der Waals surface area contributed by atoms with Gasteiger partial charge < -0.3 is 10.6 Å². The van der Waals surface area contributed by atoms with Gasteiger partial charge in [0, 0.05) is 11.0 Å². The molecule has 1 amide bonds. The smallest absolute Gasteiger partial charge is 0.274 e. The van der Waals surface area contributed by atoms with Crippen LogP contribution in [0.25, 0.3) is 0 Å². The number of nitrogens with one attached hydrogen (secondary N) is 2. The number of hydrogen-bond acceptors (Lipinski definition) is 3. The average Bonchev–Trinajstić information content (AvgIpc) is 2.48. The molecule has 6 heteroatoms. The van der Waals surface area contributed by atoms with E-state index < -0.39 is 11.7 Å². The molecule has 1 heterocycles. The van der Waals surface area contributed by atoms with E-state index in [9.17, 15) is 9.18 Å². The Kier molecular flexibility index (Phi) is 5.27. The fourth-order valence-corrected chi connectivity index (χ4v) is 2.02. The normalized spacial score (nSPS) is 10.2. The van der Waals surface area contributed by atoms with Crippen LogP contribution in [-0.2, 0) is 0 Å². The summed E-state index contributed by atoms with van der Waals surface area (Å²) in [6.45, 7) is 2.82. The number of aromatic nitrogens is 1. The molecule has 0 radical (unpaired) electrons. The predicted molar refractivity (Wildman–Crippen MR) is 85.1 cm³/mol. The third-order valence-corrected chi connectivity index (χ3v) is 3.21. The van der Waals surface area contributed by atoms with Crippen LogP contribution >= 0.6 is 15.9 Å². The van der Waals surface area contributed by atoms with E-state index in [2.05, 4.69) is 31.5 Å². The number of hydrogen-bond donors (Lipinski definition) is 2. The molecule has 0 fully saturated rings. The molecule has 0 atom stereocenters. The molecule has 2 aromatic rings. The van der Waals surface area contributed by atoms with Crippen LogP contribution in [0.3, 0.4) is 0 Å². The summed E-state index contributed by atoms with van der Waals surface area (Å²) in [5.74, 6) is -0.324. The number of nitrogens with zero attached hydrogens (tertiary/aromatic N) is 1. The van der Waals surface area contributed by atoms with Crippen molar-refractivity contribution in [3.63, 3.8) is 0 Å². The van der Waals surface area contributed by atoms with Gasteiger partial charge in [-0.3, -0.25) is 4.79 Å². The number of carbonyl (C=O) groups is 1. The second kappa shape index (κ2) is 7.17. The van der Waals surface area contributed by atoms with Gasteiger partial charge >= 0.3 is 0 Å². The summed E-state index contributed by atoms with van der Waals surface area (Å²) in [5.41, 5.74) is 0.357. The molecule has 110 valence electrons.